The minimum atomic E-state index is 0.0513. The van der Waals surface area contributed by atoms with Crippen LogP contribution >= 0.6 is 0 Å². The number of rotatable bonds is 5. The summed E-state index contributed by atoms with van der Waals surface area (Å²) in [5.74, 6) is 0.141. The van der Waals surface area contributed by atoms with E-state index >= 15 is 0 Å². The van der Waals surface area contributed by atoms with Crippen molar-refractivity contribution in [1.82, 2.24) is 5.32 Å². The summed E-state index contributed by atoms with van der Waals surface area (Å²) in [7, 11) is 0. The SMILES string of the molecule is CCCCC(=O)N[C@H](C)c1cccc2ccccc12. The number of hydrogen-bond acceptors (Lipinski definition) is 1. The van der Waals surface area contributed by atoms with Gasteiger partial charge in [0.05, 0.1) is 6.04 Å². The largest absolute Gasteiger partial charge is 0.350 e. The van der Waals surface area contributed by atoms with E-state index < -0.39 is 0 Å². The molecule has 2 nitrogen and oxygen atoms in total. The highest BCUT2D eigenvalue weighted by atomic mass is 16.1. The smallest absolute Gasteiger partial charge is 0.220 e. The summed E-state index contributed by atoms with van der Waals surface area (Å²) in [4.78, 5) is 11.8. The summed E-state index contributed by atoms with van der Waals surface area (Å²) in [6.07, 6.45) is 2.62. The van der Waals surface area contributed by atoms with Crippen LogP contribution in [0.25, 0.3) is 10.8 Å². The van der Waals surface area contributed by atoms with Gasteiger partial charge >= 0.3 is 0 Å². The Labute approximate surface area is 114 Å². The van der Waals surface area contributed by atoms with E-state index in [0.717, 1.165) is 12.8 Å². The van der Waals surface area contributed by atoms with E-state index in [4.69, 9.17) is 0 Å². The number of hydrogen-bond donors (Lipinski definition) is 1. The third-order valence-electron chi connectivity index (χ3n) is 3.42. The summed E-state index contributed by atoms with van der Waals surface area (Å²) >= 11 is 0. The molecule has 0 radical (unpaired) electrons. The zero-order valence-electron chi connectivity index (χ0n) is 11.6. The molecule has 0 bridgehead atoms. The van der Waals surface area contributed by atoms with Gasteiger partial charge in [0.25, 0.3) is 0 Å². The van der Waals surface area contributed by atoms with Crippen molar-refractivity contribution in [3.05, 3.63) is 48.0 Å². The van der Waals surface area contributed by atoms with E-state index in [9.17, 15) is 4.79 Å². The first-order valence-corrected chi connectivity index (χ1v) is 6.99. The predicted octanol–water partition coefficient (Wildman–Crippen LogP) is 4.21. The quantitative estimate of drug-likeness (QED) is 0.852. The lowest BCUT2D eigenvalue weighted by molar-refractivity contribution is -0.121. The van der Waals surface area contributed by atoms with Crippen LogP contribution in [0.4, 0.5) is 0 Å². The maximum absolute atomic E-state index is 11.8. The van der Waals surface area contributed by atoms with Crippen LogP contribution in [0.15, 0.2) is 42.5 Å². The lowest BCUT2D eigenvalue weighted by Gasteiger charge is -2.16. The second kappa shape index (κ2) is 6.37. The molecule has 1 N–H and O–H groups in total. The molecule has 0 aromatic heterocycles. The molecule has 0 aliphatic rings. The highest BCUT2D eigenvalue weighted by molar-refractivity contribution is 5.86. The van der Waals surface area contributed by atoms with Crippen molar-refractivity contribution in [1.29, 1.82) is 0 Å². The Kier molecular flexibility index (Phi) is 4.56. The fraction of sp³-hybridized carbons (Fsp3) is 0.353. The van der Waals surface area contributed by atoms with Gasteiger partial charge in [0.1, 0.15) is 0 Å². The number of carbonyl (C=O) groups excluding carboxylic acids is 1. The van der Waals surface area contributed by atoms with Crippen LogP contribution in [0.3, 0.4) is 0 Å². The third-order valence-corrected chi connectivity index (χ3v) is 3.42. The lowest BCUT2D eigenvalue weighted by atomic mass is 9.99. The normalized spacial score (nSPS) is 12.3. The van der Waals surface area contributed by atoms with Crippen LogP contribution in [0.2, 0.25) is 0 Å². The Hall–Kier alpha value is -1.83. The number of unbranched alkanes of at least 4 members (excludes halogenated alkanes) is 1. The van der Waals surface area contributed by atoms with Gasteiger partial charge in [0.2, 0.25) is 5.91 Å². The molecule has 0 saturated heterocycles. The van der Waals surface area contributed by atoms with Gasteiger partial charge in [-0.2, -0.15) is 0 Å². The number of carbonyl (C=O) groups is 1. The van der Waals surface area contributed by atoms with Crippen LogP contribution in [0.5, 0.6) is 0 Å². The number of amides is 1. The van der Waals surface area contributed by atoms with Gasteiger partial charge < -0.3 is 5.32 Å². The maximum atomic E-state index is 11.8. The predicted molar refractivity (Wildman–Crippen MR) is 80.0 cm³/mol. The van der Waals surface area contributed by atoms with Crippen molar-refractivity contribution in [3.8, 4) is 0 Å². The van der Waals surface area contributed by atoms with Gasteiger partial charge in [-0.05, 0) is 29.7 Å². The Balaban J connectivity index is 2.17. The molecule has 0 spiro atoms. The van der Waals surface area contributed by atoms with Crippen molar-refractivity contribution in [2.24, 2.45) is 0 Å². The zero-order chi connectivity index (χ0) is 13.7. The Morgan fingerprint density at radius 2 is 1.89 bits per heavy atom. The molecule has 0 unspecified atom stereocenters. The molecular formula is C17H21NO. The van der Waals surface area contributed by atoms with E-state index in [1.54, 1.807) is 0 Å². The fourth-order valence-electron chi connectivity index (χ4n) is 2.36. The Bertz CT molecular complexity index is 557. The molecule has 1 atom stereocenters. The van der Waals surface area contributed by atoms with Crippen molar-refractivity contribution in [3.63, 3.8) is 0 Å². The molecule has 2 rings (SSSR count). The summed E-state index contributed by atoms with van der Waals surface area (Å²) < 4.78 is 0. The van der Waals surface area contributed by atoms with Crippen molar-refractivity contribution in [2.45, 2.75) is 39.2 Å². The molecule has 2 aromatic rings. The van der Waals surface area contributed by atoms with Gasteiger partial charge in [-0.15, -0.1) is 0 Å². The molecule has 0 saturated carbocycles. The second-order valence-corrected chi connectivity index (χ2v) is 4.96. The van der Waals surface area contributed by atoms with E-state index in [1.807, 2.05) is 25.1 Å². The minimum absolute atomic E-state index is 0.0513. The minimum Gasteiger partial charge on any atom is -0.350 e. The summed E-state index contributed by atoms with van der Waals surface area (Å²) in [6.45, 7) is 4.15. The van der Waals surface area contributed by atoms with Gasteiger partial charge in [-0.25, -0.2) is 0 Å². The number of fused-ring (bicyclic) bond motifs is 1. The maximum Gasteiger partial charge on any atom is 0.220 e. The van der Waals surface area contributed by atoms with Crippen LogP contribution in [-0.4, -0.2) is 5.91 Å². The highest BCUT2D eigenvalue weighted by Gasteiger charge is 2.11. The fourth-order valence-corrected chi connectivity index (χ4v) is 2.36. The van der Waals surface area contributed by atoms with Gasteiger partial charge in [-0.3, -0.25) is 4.79 Å². The average Bonchev–Trinajstić information content (AvgIpc) is 2.44. The van der Waals surface area contributed by atoms with Crippen LogP contribution in [0, 0.1) is 0 Å². The molecule has 19 heavy (non-hydrogen) atoms. The van der Waals surface area contributed by atoms with E-state index in [1.165, 1.54) is 16.3 Å². The topological polar surface area (TPSA) is 29.1 Å². The van der Waals surface area contributed by atoms with Crippen molar-refractivity contribution in [2.75, 3.05) is 0 Å². The molecule has 100 valence electrons. The van der Waals surface area contributed by atoms with E-state index in [0.29, 0.717) is 6.42 Å². The zero-order valence-corrected chi connectivity index (χ0v) is 11.6. The molecule has 1 amide bonds. The number of benzene rings is 2. The molecule has 0 fully saturated rings. The highest BCUT2D eigenvalue weighted by Crippen LogP contribution is 2.24. The van der Waals surface area contributed by atoms with E-state index in [2.05, 4.69) is 36.5 Å². The van der Waals surface area contributed by atoms with E-state index in [-0.39, 0.29) is 11.9 Å². The molecular weight excluding hydrogens is 234 g/mol. The van der Waals surface area contributed by atoms with Gasteiger partial charge in [0, 0.05) is 6.42 Å². The summed E-state index contributed by atoms with van der Waals surface area (Å²) in [6, 6.07) is 14.6. The monoisotopic (exact) mass is 255 g/mol. The van der Waals surface area contributed by atoms with Crippen molar-refractivity contribution < 1.29 is 4.79 Å². The first-order valence-electron chi connectivity index (χ1n) is 6.99. The van der Waals surface area contributed by atoms with Gasteiger partial charge in [0.15, 0.2) is 0 Å². The summed E-state index contributed by atoms with van der Waals surface area (Å²) in [5.41, 5.74) is 1.18. The number of nitrogens with one attached hydrogen (secondary N) is 1. The van der Waals surface area contributed by atoms with Crippen molar-refractivity contribution >= 4 is 16.7 Å². The molecule has 0 aliphatic heterocycles. The Morgan fingerprint density at radius 1 is 1.16 bits per heavy atom. The molecule has 2 aromatic carbocycles. The molecule has 2 heteroatoms. The second-order valence-electron chi connectivity index (χ2n) is 4.96. The third kappa shape index (κ3) is 3.34. The average molecular weight is 255 g/mol. The lowest BCUT2D eigenvalue weighted by Crippen LogP contribution is -2.26. The molecule has 0 heterocycles. The van der Waals surface area contributed by atoms with Crippen LogP contribution in [0.1, 0.15) is 44.7 Å². The standard InChI is InChI=1S/C17H21NO/c1-3-4-12-17(19)18-13(2)15-11-7-9-14-8-5-6-10-16(14)15/h5-11,13H,3-4,12H2,1-2H3,(H,18,19)/t13-/m1/s1. The molecule has 0 aliphatic carbocycles. The van der Waals surface area contributed by atoms with Crippen LogP contribution < -0.4 is 5.32 Å². The summed E-state index contributed by atoms with van der Waals surface area (Å²) in [5, 5.41) is 5.52. The van der Waals surface area contributed by atoms with Crippen LogP contribution in [-0.2, 0) is 4.79 Å². The Morgan fingerprint density at radius 3 is 2.68 bits per heavy atom. The first-order chi connectivity index (χ1) is 9.22. The van der Waals surface area contributed by atoms with Gasteiger partial charge in [-0.1, -0.05) is 55.8 Å². The first kappa shape index (κ1) is 13.6.